The highest BCUT2D eigenvalue weighted by Gasteiger charge is 2.25. The molecule has 0 unspecified atom stereocenters. The maximum atomic E-state index is 13.2. The molecule has 146 valence electrons. The molecule has 0 fully saturated rings. The number of carbonyl (C=O) groups excluding carboxylic acids is 3. The largest absolute Gasteiger partial charge is 0.336 e. The molecule has 0 radical (unpaired) electrons. The fourth-order valence-electron chi connectivity index (χ4n) is 2.87. The molecule has 0 bridgehead atoms. The van der Waals surface area contributed by atoms with Crippen LogP contribution in [0.15, 0.2) is 53.4 Å². The van der Waals surface area contributed by atoms with Crippen molar-refractivity contribution in [3.63, 3.8) is 0 Å². The molecule has 0 saturated heterocycles. The molecule has 2 aromatic rings. The van der Waals surface area contributed by atoms with Crippen LogP contribution in [0.4, 0.5) is 15.8 Å². The monoisotopic (exact) mass is 401 g/mol. The number of fused-ring (bicyclic) bond motifs is 1. The van der Waals surface area contributed by atoms with Crippen molar-refractivity contribution in [1.29, 1.82) is 0 Å². The Kier molecular flexibility index (Phi) is 6.30. The van der Waals surface area contributed by atoms with Gasteiger partial charge in [-0.05, 0) is 30.3 Å². The second-order valence-corrected chi connectivity index (χ2v) is 7.38. The molecule has 0 atom stereocenters. The van der Waals surface area contributed by atoms with Gasteiger partial charge in [-0.3, -0.25) is 14.4 Å². The molecule has 6 nitrogen and oxygen atoms in total. The van der Waals surface area contributed by atoms with E-state index in [2.05, 4.69) is 5.32 Å². The van der Waals surface area contributed by atoms with Crippen molar-refractivity contribution in [2.24, 2.45) is 0 Å². The summed E-state index contributed by atoms with van der Waals surface area (Å²) in [6, 6.07) is 13.1. The van der Waals surface area contributed by atoms with Crippen LogP contribution in [0, 0.1) is 5.82 Å². The van der Waals surface area contributed by atoms with Gasteiger partial charge in [-0.15, -0.1) is 11.8 Å². The van der Waals surface area contributed by atoms with E-state index in [0.717, 1.165) is 10.6 Å². The number of para-hydroxylation sites is 1. The van der Waals surface area contributed by atoms with Crippen LogP contribution in [-0.2, 0) is 14.4 Å². The van der Waals surface area contributed by atoms with E-state index in [1.165, 1.54) is 41.9 Å². The first-order valence-electron chi connectivity index (χ1n) is 8.75. The summed E-state index contributed by atoms with van der Waals surface area (Å²) in [7, 11) is 1.52. The Labute approximate surface area is 166 Å². The van der Waals surface area contributed by atoms with Crippen molar-refractivity contribution in [2.45, 2.75) is 11.3 Å². The molecule has 0 saturated carbocycles. The van der Waals surface area contributed by atoms with Crippen molar-refractivity contribution in [3.05, 3.63) is 54.3 Å². The number of likely N-dealkylation sites (N-methyl/N-ethyl adjacent to an activating group) is 1. The summed E-state index contributed by atoms with van der Waals surface area (Å²) >= 11 is 1.49. The third-order valence-corrected chi connectivity index (χ3v) is 5.32. The Morgan fingerprint density at radius 1 is 1.21 bits per heavy atom. The van der Waals surface area contributed by atoms with E-state index >= 15 is 0 Å². The molecule has 3 amide bonds. The zero-order valence-corrected chi connectivity index (χ0v) is 16.2. The fraction of sp³-hybridized carbons (Fsp3) is 0.250. The highest BCUT2D eigenvalue weighted by Crippen LogP contribution is 2.34. The minimum atomic E-state index is -0.452. The average molecular weight is 401 g/mol. The molecule has 2 aromatic carbocycles. The lowest BCUT2D eigenvalue weighted by Crippen LogP contribution is -2.40. The molecular formula is C20H20FN3O3S. The van der Waals surface area contributed by atoms with Gasteiger partial charge in [-0.1, -0.05) is 18.2 Å². The molecule has 0 spiro atoms. The maximum Gasteiger partial charge on any atom is 0.243 e. The van der Waals surface area contributed by atoms with Gasteiger partial charge in [-0.25, -0.2) is 4.39 Å². The lowest BCUT2D eigenvalue weighted by atomic mass is 10.2. The predicted molar refractivity (Wildman–Crippen MR) is 107 cm³/mol. The number of amides is 3. The lowest BCUT2D eigenvalue weighted by Gasteiger charge is -2.29. The normalized spacial score (nSPS) is 13.1. The number of nitrogens with zero attached hydrogens (tertiary/aromatic N) is 2. The Morgan fingerprint density at radius 3 is 2.79 bits per heavy atom. The first kappa shape index (κ1) is 19.9. The minimum Gasteiger partial charge on any atom is -0.336 e. The van der Waals surface area contributed by atoms with Gasteiger partial charge in [0.2, 0.25) is 17.7 Å². The van der Waals surface area contributed by atoms with E-state index in [0.29, 0.717) is 11.4 Å². The van der Waals surface area contributed by atoms with E-state index in [-0.39, 0.29) is 31.3 Å². The van der Waals surface area contributed by atoms with Crippen molar-refractivity contribution in [3.8, 4) is 0 Å². The van der Waals surface area contributed by atoms with Gasteiger partial charge < -0.3 is 15.1 Å². The van der Waals surface area contributed by atoms with Crippen LogP contribution in [0.5, 0.6) is 0 Å². The Morgan fingerprint density at radius 2 is 2.00 bits per heavy atom. The van der Waals surface area contributed by atoms with Crippen LogP contribution in [0.1, 0.15) is 6.42 Å². The van der Waals surface area contributed by atoms with Gasteiger partial charge in [0.15, 0.2) is 0 Å². The quantitative estimate of drug-likeness (QED) is 0.808. The molecule has 0 aromatic heterocycles. The van der Waals surface area contributed by atoms with Crippen LogP contribution in [0.25, 0.3) is 0 Å². The number of carbonyl (C=O) groups is 3. The molecule has 1 aliphatic heterocycles. The van der Waals surface area contributed by atoms with Crippen molar-refractivity contribution >= 4 is 40.9 Å². The summed E-state index contributed by atoms with van der Waals surface area (Å²) in [4.78, 5) is 40.6. The third-order valence-electron chi connectivity index (χ3n) is 4.27. The number of rotatable bonds is 6. The summed E-state index contributed by atoms with van der Waals surface area (Å²) < 4.78 is 13.2. The van der Waals surface area contributed by atoms with Gasteiger partial charge in [0.05, 0.1) is 18.0 Å². The van der Waals surface area contributed by atoms with Crippen LogP contribution in [0.2, 0.25) is 0 Å². The van der Waals surface area contributed by atoms with Crippen molar-refractivity contribution < 1.29 is 18.8 Å². The van der Waals surface area contributed by atoms with Crippen molar-refractivity contribution in [2.75, 3.05) is 36.1 Å². The molecule has 3 rings (SSSR count). The molecular weight excluding hydrogens is 381 g/mol. The summed E-state index contributed by atoms with van der Waals surface area (Å²) in [6.45, 7) is 0.0980. The van der Waals surface area contributed by atoms with Gasteiger partial charge in [0.25, 0.3) is 0 Å². The number of halogens is 1. The standard InChI is InChI=1S/C20H20FN3O3S/c1-23(12-18(25)22-15-6-4-5-14(21)11-15)19(26)9-10-24-16-7-2-3-8-17(16)28-13-20(24)27/h2-8,11H,9-10,12-13H2,1H3,(H,22,25). The molecule has 8 heteroatoms. The number of nitrogens with one attached hydrogen (secondary N) is 1. The molecule has 28 heavy (non-hydrogen) atoms. The second-order valence-electron chi connectivity index (χ2n) is 6.36. The van der Waals surface area contributed by atoms with Crippen molar-refractivity contribution in [1.82, 2.24) is 4.90 Å². The number of thioether (sulfide) groups is 1. The summed E-state index contributed by atoms with van der Waals surface area (Å²) in [5, 5.41) is 2.55. The third kappa shape index (κ3) is 4.89. The van der Waals surface area contributed by atoms with Crippen LogP contribution in [0.3, 0.4) is 0 Å². The van der Waals surface area contributed by atoms with E-state index < -0.39 is 11.7 Å². The summed E-state index contributed by atoms with van der Waals surface area (Å²) in [5.41, 5.74) is 1.14. The Balaban J connectivity index is 1.53. The average Bonchev–Trinajstić information content (AvgIpc) is 2.66. The second kappa shape index (κ2) is 8.88. The topological polar surface area (TPSA) is 69.7 Å². The Bertz CT molecular complexity index is 906. The molecule has 1 heterocycles. The van der Waals surface area contributed by atoms with Gasteiger partial charge in [-0.2, -0.15) is 0 Å². The highest BCUT2D eigenvalue weighted by molar-refractivity contribution is 8.00. The smallest absolute Gasteiger partial charge is 0.243 e. The van der Waals surface area contributed by atoms with Crippen LogP contribution >= 0.6 is 11.8 Å². The maximum absolute atomic E-state index is 13.2. The van der Waals surface area contributed by atoms with Crippen LogP contribution < -0.4 is 10.2 Å². The number of hydrogen-bond acceptors (Lipinski definition) is 4. The number of benzene rings is 2. The molecule has 1 aliphatic rings. The van der Waals surface area contributed by atoms with Gasteiger partial charge in [0.1, 0.15) is 5.82 Å². The Hall–Kier alpha value is -2.87. The first-order chi connectivity index (χ1) is 13.4. The number of anilines is 2. The molecule has 0 aliphatic carbocycles. The fourth-order valence-corrected chi connectivity index (χ4v) is 3.80. The summed E-state index contributed by atoms with van der Waals surface area (Å²) in [5.74, 6) is -0.818. The predicted octanol–water partition coefficient (Wildman–Crippen LogP) is 2.75. The van der Waals surface area contributed by atoms with Crippen LogP contribution in [-0.4, -0.2) is 48.5 Å². The lowest BCUT2D eigenvalue weighted by molar-refractivity contribution is -0.133. The zero-order valence-electron chi connectivity index (χ0n) is 15.4. The van der Waals surface area contributed by atoms with E-state index in [4.69, 9.17) is 0 Å². The SMILES string of the molecule is CN(CC(=O)Nc1cccc(F)c1)C(=O)CCN1C(=O)CSc2ccccc21. The van der Waals surface area contributed by atoms with E-state index in [1.54, 1.807) is 11.0 Å². The van der Waals surface area contributed by atoms with E-state index in [1.807, 2.05) is 24.3 Å². The minimum absolute atomic E-state index is 0.0389. The highest BCUT2D eigenvalue weighted by atomic mass is 32.2. The zero-order chi connectivity index (χ0) is 20.1. The first-order valence-corrected chi connectivity index (χ1v) is 9.74. The molecule has 1 N–H and O–H groups in total. The van der Waals surface area contributed by atoms with Gasteiger partial charge in [0, 0.05) is 30.6 Å². The summed E-state index contributed by atoms with van der Waals surface area (Å²) in [6.07, 6.45) is 0.106. The van der Waals surface area contributed by atoms with Gasteiger partial charge >= 0.3 is 0 Å². The number of hydrogen-bond donors (Lipinski definition) is 1. The van der Waals surface area contributed by atoms with E-state index in [9.17, 15) is 18.8 Å².